The molecular weight excluding hydrogens is 300 g/mol. The highest BCUT2D eigenvalue weighted by atomic mass is 16.5. The number of rotatable bonds is 2. The second-order valence-electron chi connectivity index (χ2n) is 3.83. The van der Waals surface area contributed by atoms with E-state index >= 15 is 0 Å². The number of carboxylic acids is 1. The molecule has 0 atom stereocenters. The van der Waals surface area contributed by atoms with Gasteiger partial charge in [-0.2, -0.15) is 0 Å². The zero-order valence-corrected chi connectivity index (χ0v) is 12.6. The van der Waals surface area contributed by atoms with E-state index in [0.29, 0.717) is 0 Å². The molecule has 2 rings (SSSR count). The molecule has 0 aliphatic rings. The first-order valence-corrected chi connectivity index (χ1v) is 6.35. The lowest BCUT2D eigenvalue weighted by molar-refractivity contribution is 0.0596. The number of aromatic carboxylic acids is 1. The molecule has 122 valence electrons. The van der Waals surface area contributed by atoms with Gasteiger partial charge in [-0.3, -0.25) is 0 Å². The van der Waals surface area contributed by atoms with E-state index in [4.69, 9.17) is 15.3 Å². The van der Waals surface area contributed by atoms with Crippen LogP contribution in [0.1, 0.15) is 20.7 Å². The number of methoxy groups -OCH3 is 1. The number of para-hydroxylation sites is 2. The number of benzene rings is 2. The Morgan fingerprint density at radius 2 is 1.26 bits per heavy atom. The highest BCUT2D eigenvalue weighted by Crippen LogP contribution is 2.16. The van der Waals surface area contributed by atoms with Crippen LogP contribution in [0.4, 0.5) is 0 Å². The van der Waals surface area contributed by atoms with Crippen molar-refractivity contribution in [3.63, 3.8) is 0 Å². The van der Waals surface area contributed by atoms with Crippen LogP contribution in [-0.4, -0.2) is 34.4 Å². The highest BCUT2D eigenvalue weighted by Gasteiger charge is 2.08. The first-order valence-electron chi connectivity index (χ1n) is 6.35. The molecule has 0 heterocycles. The summed E-state index contributed by atoms with van der Waals surface area (Å²) in [5.41, 5.74) is 0.123. The van der Waals surface area contributed by atoms with Gasteiger partial charge in [-0.1, -0.05) is 24.3 Å². The minimum Gasteiger partial charge on any atom is -0.507 e. The molecule has 23 heavy (non-hydrogen) atoms. The summed E-state index contributed by atoms with van der Waals surface area (Å²) in [6.45, 7) is 6.00. The van der Waals surface area contributed by atoms with Crippen molar-refractivity contribution in [2.24, 2.45) is 0 Å². The van der Waals surface area contributed by atoms with Gasteiger partial charge in [-0.15, -0.1) is 13.2 Å². The first kappa shape index (κ1) is 19.7. The molecule has 0 aromatic heterocycles. The lowest BCUT2D eigenvalue weighted by atomic mass is 10.2. The van der Waals surface area contributed by atoms with Gasteiger partial charge in [0.2, 0.25) is 0 Å². The van der Waals surface area contributed by atoms with Crippen LogP contribution < -0.4 is 0 Å². The van der Waals surface area contributed by atoms with Crippen molar-refractivity contribution in [3.8, 4) is 11.5 Å². The number of phenolic OH excluding ortho intramolecular Hbond substituents is 1. The summed E-state index contributed by atoms with van der Waals surface area (Å²) in [5.74, 6) is -1.89. The van der Waals surface area contributed by atoms with Gasteiger partial charge >= 0.3 is 11.9 Å². The second kappa shape index (κ2) is 10.4. The topological polar surface area (TPSA) is 104 Å². The number of carbonyl (C=O) groups is 2. The molecule has 0 bridgehead atoms. The van der Waals surface area contributed by atoms with E-state index in [1.54, 1.807) is 24.3 Å². The van der Waals surface area contributed by atoms with Crippen LogP contribution in [0.5, 0.6) is 11.5 Å². The van der Waals surface area contributed by atoms with E-state index in [0.717, 1.165) is 0 Å². The molecule has 0 unspecified atom stereocenters. The highest BCUT2D eigenvalue weighted by molar-refractivity contribution is 5.92. The van der Waals surface area contributed by atoms with Crippen molar-refractivity contribution in [1.82, 2.24) is 0 Å². The third-order valence-electron chi connectivity index (χ3n) is 2.44. The number of ether oxygens (including phenoxy) is 1. The molecule has 6 nitrogen and oxygen atoms in total. The minimum atomic E-state index is -1.11. The van der Waals surface area contributed by atoms with Crippen LogP contribution in [0.3, 0.4) is 0 Å². The molecule has 0 aliphatic heterocycles. The average molecular weight is 318 g/mol. The Labute approximate surface area is 133 Å². The molecular formula is C17H18O6. The molecule has 0 saturated carbocycles. The van der Waals surface area contributed by atoms with Gasteiger partial charge in [0.15, 0.2) is 0 Å². The molecule has 0 aliphatic carbocycles. The standard InChI is InChI=1S/C8H8O3.C7H6O3.C2H4/c1-11-8(10)6-4-2-3-5-7(6)9;8-6-4-2-1-3-5(6)7(9)10;1-2/h2-5,9H,1H3;1-4,8H,(H,9,10);1-2H2. The number of hydrogen-bond donors (Lipinski definition) is 3. The van der Waals surface area contributed by atoms with Crippen molar-refractivity contribution in [1.29, 1.82) is 0 Å². The van der Waals surface area contributed by atoms with Gasteiger partial charge in [-0.05, 0) is 24.3 Å². The second-order valence-corrected chi connectivity index (χ2v) is 3.83. The predicted octanol–water partition coefficient (Wildman–Crippen LogP) is 3.07. The quantitative estimate of drug-likeness (QED) is 0.580. The maximum atomic E-state index is 10.9. The van der Waals surface area contributed by atoms with Crippen molar-refractivity contribution in [2.45, 2.75) is 0 Å². The van der Waals surface area contributed by atoms with Gasteiger partial charge in [-0.25, -0.2) is 9.59 Å². The maximum Gasteiger partial charge on any atom is 0.341 e. The third-order valence-corrected chi connectivity index (χ3v) is 2.44. The van der Waals surface area contributed by atoms with Crippen LogP contribution in [0, 0.1) is 0 Å². The number of esters is 1. The number of carboxylic acid groups (broad SMARTS) is 1. The summed E-state index contributed by atoms with van der Waals surface area (Å²) >= 11 is 0. The zero-order valence-electron chi connectivity index (χ0n) is 12.6. The fourth-order valence-corrected chi connectivity index (χ4v) is 1.41. The van der Waals surface area contributed by atoms with Crippen LogP contribution >= 0.6 is 0 Å². The van der Waals surface area contributed by atoms with Crippen molar-refractivity contribution in [3.05, 3.63) is 72.8 Å². The Morgan fingerprint density at radius 3 is 1.57 bits per heavy atom. The van der Waals surface area contributed by atoms with E-state index in [9.17, 15) is 9.59 Å². The Balaban J connectivity index is 0.000000381. The van der Waals surface area contributed by atoms with Crippen molar-refractivity contribution < 1.29 is 29.6 Å². The van der Waals surface area contributed by atoms with E-state index in [-0.39, 0.29) is 22.6 Å². The molecule has 2 aromatic rings. The summed E-state index contributed by atoms with van der Waals surface area (Å²) in [6, 6.07) is 12.0. The van der Waals surface area contributed by atoms with Gasteiger partial charge in [0.05, 0.1) is 7.11 Å². The van der Waals surface area contributed by atoms with E-state index in [1.807, 2.05) is 0 Å². The maximum absolute atomic E-state index is 10.9. The number of hydrogen-bond acceptors (Lipinski definition) is 5. The zero-order chi connectivity index (χ0) is 17.8. The summed E-state index contributed by atoms with van der Waals surface area (Å²) < 4.78 is 4.42. The Bertz CT molecular complexity index is 651. The van der Waals surface area contributed by atoms with Crippen molar-refractivity contribution in [2.75, 3.05) is 7.11 Å². The van der Waals surface area contributed by atoms with Crippen LogP contribution in [-0.2, 0) is 4.74 Å². The Morgan fingerprint density at radius 1 is 0.870 bits per heavy atom. The minimum absolute atomic E-state index is 0.0562. The SMILES string of the molecule is C=C.COC(=O)c1ccccc1O.O=C(O)c1ccccc1O. The van der Waals surface area contributed by atoms with Crippen molar-refractivity contribution >= 4 is 11.9 Å². The largest absolute Gasteiger partial charge is 0.507 e. The van der Waals surface area contributed by atoms with E-state index in [1.165, 1.54) is 31.4 Å². The van der Waals surface area contributed by atoms with Gasteiger partial charge < -0.3 is 20.1 Å². The van der Waals surface area contributed by atoms with Gasteiger partial charge in [0.25, 0.3) is 0 Å². The summed E-state index contributed by atoms with van der Waals surface area (Å²) in [6.07, 6.45) is 0. The van der Waals surface area contributed by atoms with Crippen LogP contribution in [0.25, 0.3) is 0 Å². The normalized spacial score (nSPS) is 8.57. The Kier molecular flexibility index (Phi) is 8.96. The molecule has 0 saturated heterocycles. The third kappa shape index (κ3) is 6.34. The molecule has 0 fully saturated rings. The number of aromatic hydroxyl groups is 2. The summed E-state index contributed by atoms with van der Waals surface area (Å²) in [7, 11) is 1.27. The molecule has 0 spiro atoms. The van der Waals surface area contributed by atoms with E-state index in [2.05, 4.69) is 17.9 Å². The van der Waals surface area contributed by atoms with E-state index < -0.39 is 11.9 Å². The lowest BCUT2D eigenvalue weighted by Gasteiger charge is -1.99. The smallest absolute Gasteiger partial charge is 0.341 e. The first-order chi connectivity index (χ1) is 11.0. The fourth-order valence-electron chi connectivity index (χ4n) is 1.41. The fraction of sp³-hybridized carbons (Fsp3) is 0.0588. The molecule has 0 amide bonds. The molecule has 0 radical (unpaired) electrons. The Hall–Kier alpha value is -3.28. The lowest BCUT2D eigenvalue weighted by Crippen LogP contribution is -2.00. The molecule has 2 aromatic carbocycles. The molecule has 3 N–H and O–H groups in total. The predicted molar refractivity (Wildman–Crippen MR) is 85.8 cm³/mol. The average Bonchev–Trinajstić information content (AvgIpc) is 2.57. The van der Waals surface area contributed by atoms with Crippen LogP contribution in [0.15, 0.2) is 61.7 Å². The van der Waals surface area contributed by atoms with Gasteiger partial charge in [0, 0.05) is 0 Å². The monoisotopic (exact) mass is 318 g/mol. The molecule has 6 heteroatoms. The summed E-state index contributed by atoms with van der Waals surface area (Å²) in [4.78, 5) is 21.1. The number of phenols is 2. The summed E-state index contributed by atoms with van der Waals surface area (Å²) in [5, 5.41) is 26.4. The van der Waals surface area contributed by atoms with Crippen LogP contribution in [0.2, 0.25) is 0 Å². The number of carbonyl (C=O) groups excluding carboxylic acids is 1. The van der Waals surface area contributed by atoms with Gasteiger partial charge in [0.1, 0.15) is 22.6 Å².